The van der Waals surface area contributed by atoms with E-state index in [2.05, 4.69) is 9.47 Å². The van der Waals surface area contributed by atoms with E-state index in [0.717, 1.165) is 12.1 Å². The van der Waals surface area contributed by atoms with E-state index in [-0.39, 0.29) is 18.6 Å². The van der Waals surface area contributed by atoms with Crippen LogP contribution in [0.4, 0.5) is 17.6 Å². The first kappa shape index (κ1) is 12.3. The van der Waals surface area contributed by atoms with Crippen LogP contribution in [0.1, 0.15) is 5.56 Å². The Morgan fingerprint density at radius 1 is 1.31 bits per heavy atom. The van der Waals surface area contributed by atoms with Gasteiger partial charge in [-0.2, -0.15) is 0 Å². The second-order valence-electron chi connectivity index (χ2n) is 2.71. The first-order chi connectivity index (χ1) is 7.42. The van der Waals surface area contributed by atoms with Crippen LogP contribution in [0.2, 0.25) is 0 Å². The van der Waals surface area contributed by atoms with E-state index in [9.17, 15) is 22.4 Å². The van der Waals surface area contributed by atoms with Gasteiger partial charge in [0.05, 0.1) is 0 Å². The Hall–Kier alpha value is -1.79. The molecule has 7 heteroatoms. The second kappa shape index (κ2) is 4.82. The van der Waals surface area contributed by atoms with Crippen LogP contribution in [0.25, 0.3) is 0 Å². The lowest BCUT2D eigenvalue weighted by atomic mass is 10.2. The van der Waals surface area contributed by atoms with E-state index >= 15 is 0 Å². The maximum atomic E-state index is 13.1. The van der Waals surface area contributed by atoms with Crippen molar-refractivity contribution in [3.05, 3.63) is 29.6 Å². The van der Waals surface area contributed by atoms with Gasteiger partial charge in [-0.3, -0.25) is 4.79 Å². The Morgan fingerprint density at radius 2 is 2.00 bits per heavy atom. The molecule has 0 aromatic heterocycles. The molecule has 1 aromatic carbocycles. The van der Waals surface area contributed by atoms with E-state index in [4.69, 9.17) is 0 Å². The molecule has 1 aromatic rings. The lowest BCUT2D eigenvalue weighted by Crippen LogP contribution is -2.17. The SMILES string of the molecule is O=COCc1ccc(OC(F)(F)F)cc1F. The Labute approximate surface area is 87.6 Å². The molecule has 0 aliphatic carbocycles. The number of ether oxygens (including phenoxy) is 2. The van der Waals surface area contributed by atoms with Crippen LogP contribution < -0.4 is 4.74 Å². The molecule has 16 heavy (non-hydrogen) atoms. The molecule has 88 valence electrons. The molecule has 0 bridgehead atoms. The molecule has 0 N–H and O–H groups in total. The highest BCUT2D eigenvalue weighted by atomic mass is 19.4. The molecule has 1 rings (SSSR count). The molecular weight excluding hydrogens is 232 g/mol. The van der Waals surface area contributed by atoms with Crippen molar-refractivity contribution in [1.82, 2.24) is 0 Å². The van der Waals surface area contributed by atoms with E-state index in [1.807, 2.05) is 0 Å². The van der Waals surface area contributed by atoms with Crippen molar-refractivity contribution in [2.24, 2.45) is 0 Å². The standard InChI is InChI=1S/C9H6F4O3/c10-8-3-7(16-9(11,12)13)2-1-6(8)4-15-5-14/h1-3,5H,4H2. The summed E-state index contributed by atoms with van der Waals surface area (Å²) in [6.45, 7) is -0.235. The van der Waals surface area contributed by atoms with E-state index in [1.165, 1.54) is 0 Å². The molecule has 0 heterocycles. The molecule has 0 radical (unpaired) electrons. The zero-order valence-electron chi connectivity index (χ0n) is 7.75. The highest BCUT2D eigenvalue weighted by Crippen LogP contribution is 2.24. The quantitative estimate of drug-likeness (QED) is 0.596. The number of rotatable bonds is 4. The first-order valence-corrected chi connectivity index (χ1v) is 4.02. The summed E-state index contributed by atoms with van der Waals surface area (Å²) in [7, 11) is 0. The number of hydrogen-bond donors (Lipinski definition) is 0. The van der Waals surface area contributed by atoms with Gasteiger partial charge in [0.2, 0.25) is 0 Å². The van der Waals surface area contributed by atoms with Crippen molar-refractivity contribution in [2.45, 2.75) is 13.0 Å². The lowest BCUT2D eigenvalue weighted by Gasteiger charge is -2.09. The number of hydrogen-bond acceptors (Lipinski definition) is 3. The number of carbonyl (C=O) groups excluding carboxylic acids is 1. The van der Waals surface area contributed by atoms with Crippen LogP contribution in [0.5, 0.6) is 5.75 Å². The molecular formula is C9H6F4O3. The number of benzene rings is 1. The van der Waals surface area contributed by atoms with Crippen LogP contribution in [0.15, 0.2) is 18.2 Å². The van der Waals surface area contributed by atoms with Crippen molar-refractivity contribution in [3.63, 3.8) is 0 Å². The van der Waals surface area contributed by atoms with Gasteiger partial charge in [0.15, 0.2) is 0 Å². The van der Waals surface area contributed by atoms with Gasteiger partial charge in [-0.25, -0.2) is 4.39 Å². The third kappa shape index (κ3) is 3.76. The van der Waals surface area contributed by atoms with Gasteiger partial charge in [0.1, 0.15) is 18.2 Å². The molecule has 3 nitrogen and oxygen atoms in total. The van der Waals surface area contributed by atoms with Crippen molar-refractivity contribution < 1.29 is 31.8 Å². The summed E-state index contributed by atoms with van der Waals surface area (Å²) in [6, 6.07) is 2.54. The minimum Gasteiger partial charge on any atom is -0.463 e. The highest BCUT2D eigenvalue weighted by Gasteiger charge is 2.31. The van der Waals surface area contributed by atoms with Gasteiger partial charge in [-0.15, -0.1) is 13.2 Å². The van der Waals surface area contributed by atoms with Gasteiger partial charge in [-0.05, 0) is 12.1 Å². The smallest absolute Gasteiger partial charge is 0.463 e. The Kier molecular flexibility index (Phi) is 3.70. The van der Waals surface area contributed by atoms with Crippen LogP contribution in [0.3, 0.4) is 0 Å². The molecule has 0 aliphatic heterocycles. The Morgan fingerprint density at radius 3 is 2.50 bits per heavy atom. The molecule has 0 saturated heterocycles. The van der Waals surface area contributed by atoms with E-state index in [0.29, 0.717) is 6.07 Å². The average molecular weight is 238 g/mol. The Bertz CT molecular complexity index is 376. The predicted octanol–water partition coefficient (Wildman–Crippen LogP) is 2.40. The lowest BCUT2D eigenvalue weighted by molar-refractivity contribution is -0.274. The number of carbonyl (C=O) groups is 1. The molecule has 0 unspecified atom stereocenters. The highest BCUT2D eigenvalue weighted by molar-refractivity contribution is 5.38. The summed E-state index contributed by atoms with van der Waals surface area (Å²) in [4.78, 5) is 9.83. The average Bonchev–Trinajstić information content (AvgIpc) is 2.14. The van der Waals surface area contributed by atoms with Crippen molar-refractivity contribution in [1.29, 1.82) is 0 Å². The van der Waals surface area contributed by atoms with Gasteiger partial charge in [-0.1, -0.05) is 0 Å². The van der Waals surface area contributed by atoms with Crippen LogP contribution in [0, 0.1) is 5.82 Å². The predicted molar refractivity (Wildman–Crippen MR) is 43.9 cm³/mol. The minimum absolute atomic E-state index is 0.0402. The van der Waals surface area contributed by atoms with Crippen LogP contribution in [-0.4, -0.2) is 12.8 Å². The summed E-state index contributed by atoms with van der Waals surface area (Å²) in [6.07, 6.45) is -4.87. The fourth-order valence-corrected chi connectivity index (χ4v) is 0.966. The molecule has 0 spiro atoms. The van der Waals surface area contributed by atoms with Crippen LogP contribution in [-0.2, 0) is 16.1 Å². The maximum absolute atomic E-state index is 13.1. The zero-order chi connectivity index (χ0) is 12.2. The summed E-state index contributed by atoms with van der Waals surface area (Å²) in [5, 5.41) is 0. The van der Waals surface area contributed by atoms with Crippen molar-refractivity contribution in [3.8, 4) is 5.75 Å². The summed E-state index contributed by atoms with van der Waals surface area (Å²) in [5.41, 5.74) is -0.0402. The third-order valence-electron chi connectivity index (χ3n) is 1.56. The van der Waals surface area contributed by atoms with Crippen LogP contribution >= 0.6 is 0 Å². The van der Waals surface area contributed by atoms with Crippen molar-refractivity contribution >= 4 is 6.47 Å². The number of halogens is 4. The van der Waals surface area contributed by atoms with Gasteiger partial charge >= 0.3 is 6.36 Å². The first-order valence-electron chi connectivity index (χ1n) is 4.02. The molecule has 0 fully saturated rings. The van der Waals surface area contributed by atoms with E-state index in [1.54, 1.807) is 0 Å². The Balaban J connectivity index is 2.78. The zero-order valence-corrected chi connectivity index (χ0v) is 7.75. The molecule has 0 amide bonds. The summed E-state index contributed by atoms with van der Waals surface area (Å²) < 4.78 is 56.1. The number of alkyl halides is 3. The third-order valence-corrected chi connectivity index (χ3v) is 1.56. The topological polar surface area (TPSA) is 35.5 Å². The molecule has 0 atom stereocenters. The van der Waals surface area contributed by atoms with E-state index < -0.39 is 17.9 Å². The molecule has 0 saturated carbocycles. The van der Waals surface area contributed by atoms with Gasteiger partial charge in [0.25, 0.3) is 6.47 Å². The van der Waals surface area contributed by atoms with Crippen molar-refractivity contribution in [2.75, 3.05) is 0 Å². The molecule has 0 aliphatic rings. The van der Waals surface area contributed by atoms with Gasteiger partial charge in [0, 0.05) is 11.6 Å². The fourth-order valence-electron chi connectivity index (χ4n) is 0.966. The monoisotopic (exact) mass is 238 g/mol. The minimum atomic E-state index is -4.87. The summed E-state index contributed by atoms with van der Waals surface area (Å²) in [5.74, 6) is -1.61. The maximum Gasteiger partial charge on any atom is 0.573 e. The fraction of sp³-hybridized carbons (Fsp3) is 0.222. The second-order valence-corrected chi connectivity index (χ2v) is 2.71. The van der Waals surface area contributed by atoms with Gasteiger partial charge < -0.3 is 9.47 Å². The largest absolute Gasteiger partial charge is 0.573 e. The summed E-state index contributed by atoms with van der Waals surface area (Å²) >= 11 is 0. The normalized spacial score (nSPS) is 11.0.